The van der Waals surface area contributed by atoms with E-state index in [1.807, 2.05) is 6.92 Å². The second kappa shape index (κ2) is 4.24. The summed E-state index contributed by atoms with van der Waals surface area (Å²) < 4.78 is 6.26. The fourth-order valence-electron chi connectivity index (χ4n) is 3.56. The van der Waals surface area contributed by atoms with Gasteiger partial charge < -0.3 is 4.74 Å². The number of ether oxygens (including phenoxy) is 1. The Bertz CT molecular complexity index is 337. The Morgan fingerprint density at radius 2 is 1.94 bits per heavy atom. The Balaban J connectivity index is 2.04. The van der Waals surface area contributed by atoms with Crippen LogP contribution in [0.25, 0.3) is 0 Å². The van der Waals surface area contributed by atoms with Gasteiger partial charge in [-0.25, -0.2) is 0 Å². The van der Waals surface area contributed by atoms with Gasteiger partial charge in [0.2, 0.25) is 0 Å². The number of allylic oxidation sites excluding steroid dienone is 1. The van der Waals surface area contributed by atoms with E-state index >= 15 is 0 Å². The van der Waals surface area contributed by atoms with Crippen LogP contribution in [0, 0.1) is 5.92 Å². The summed E-state index contributed by atoms with van der Waals surface area (Å²) in [6.07, 6.45) is 5.80. The predicted molar refractivity (Wildman–Crippen MR) is 68.9 cm³/mol. The van der Waals surface area contributed by atoms with Gasteiger partial charge in [-0.2, -0.15) is 0 Å². The molecule has 3 fully saturated rings. The molecule has 0 aromatic rings. The Hall–Kier alpha value is -0.630. The molecule has 2 saturated heterocycles. The van der Waals surface area contributed by atoms with Crippen molar-refractivity contribution < 1.29 is 9.53 Å². The van der Waals surface area contributed by atoms with E-state index in [9.17, 15) is 4.79 Å². The topological polar surface area (TPSA) is 26.3 Å². The van der Waals surface area contributed by atoms with Crippen LogP contribution in [0.15, 0.2) is 12.2 Å². The molecule has 96 valence electrons. The molecule has 17 heavy (non-hydrogen) atoms. The van der Waals surface area contributed by atoms with E-state index in [0.29, 0.717) is 18.8 Å². The van der Waals surface area contributed by atoms with Gasteiger partial charge in [0, 0.05) is 12.8 Å². The van der Waals surface area contributed by atoms with E-state index in [-0.39, 0.29) is 17.0 Å². The third-order valence-electron chi connectivity index (χ3n) is 4.43. The van der Waals surface area contributed by atoms with E-state index in [0.717, 1.165) is 18.4 Å². The van der Waals surface area contributed by atoms with Gasteiger partial charge in [-0.1, -0.05) is 12.2 Å². The highest BCUT2D eigenvalue weighted by molar-refractivity contribution is 5.81. The van der Waals surface area contributed by atoms with Crippen molar-refractivity contribution >= 4 is 5.78 Å². The number of rotatable bonds is 4. The lowest BCUT2D eigenvalue weighted by atomic mass is 9.66. The summed E-state index contributed by atoms with van der Waals surface area (Å²) in [5.41, 5.74) is 0.746. The number of hydrogen-bond donors (Lipinski definition) is 0. The first-order valence-electron chi connectivity index (χ1n) is 6.69. The molecule has 1 aliphatic carbocycles. The molecule has 0 unspecified atom stereocenters. The van der Waals surface area contributed by atoms with Crippen LogP contribution in [0.2, 0.25) is 0 Å². The van der Waals surface area contributed by atoms with Crippen molar-refractivity contribution in [3.8, 4) is 0 Å². The van der Waals surface area contributed by atoms with Crippen LogP contribution in [0.1, 0.15) is 59.3 Å². The summed E-state index contributed by atoms with van der Waals surface area (Å²) in [7, 11) is 0. The van der Waals surface area contributed by atoms with Gasteiger partial charge in [0.25, 0.3) is 0 Å². The first-order chi connectivity index (χ1) is 7.83. The number of fused-ring (bicyclic) bond motifs is 3. The van der Waals surface area contributed by atoms with Crippen LogP contribution >= 0.6 is 0 Å². The van der Waals surface area contributed by atoms with Crippen LogP contribution in [-0.2, 0) is 9.53 Å². The molecule has 2 aliphatic heterocycles. The van der Waals surface area contributed by atoms with Gasteiger partial charge >= 0.3 is 0 Å². The number of hydrogen-bond acceptors (Lipinski definition) is 2. The number of Topliss-reactive ketones (excluding diaryl/α,β-unsaturated/α-hetero) is 1. The van der Waals surface area contributed by atoms with Crippen LogP contribution in [0.4, 0.5) is 0 Å². The third-order valence-corrected chi connectivity index (χ3v) is 4.43. The summed E-state index contributed by atoms with van der Waals surface area (Å²) in [5, 5.41) is 0. The molecule has 0 radical (unpaired) electrons. The van der Waals surface area contributed by atoms with Gasteiger partial charge in [0.05, 0.1) is 11.2 Å². The summed E-state index contributed by atoms with van der Waals surface area (Å²) in [6, 6.07) is 0. The molecule has 1 saturated carbocycles. The van der Waals surface area contributed by atoms with E-state index in [2.05, 4.69) is 20.4 Å². The molecule has 3 rings (SSSR count). The highest BCUT2D eigenvalue weighted by Gasteiger charge is 2.51. The normalized spacial score (nSPS) is 40.3. The highest BCUT2D eigenvalue weighted by atomic mass is 16.5. The van der Waals surface area contributed by atoms with Crippen LogP contribution in [-0.4, -0.2) is 17.0 Å². The third kappa shape index (κ3) is 2.62. The molecule has 2 nitrogen and oxygen atoms in total. The first kappa shape index (κ1) is 12.8. The van der Waals surface area contributed by atoms with Gasteiger partial charge in [-0.15, -0.1) is 0 Å². The molecular formula is C15H24O2. The fourth-order valence-corrected chi connectivity index (χ4v) is 3.56. The Labute approximate surface area is 104 Å². The smallest absolute Gasteiger partial charge is 0.139 e. The molecule has 1 atom stereocenters. The summed E-state index contributed by atoms with van der Waals surface area (Å²) in [5.74, 6) is 0.842. The molecule has 3 aliphatic rings. The minimum Gasteiger partial charge on any atom is -0.368 e. The number of carbonyl (C=O) groups is 1. The molecular weight excluding hydrogens is 212 g/mol. The van der Waals surface area contributed by atoms with Crippen LogP contribution < -0.4 is 0 Å². The predicted octanol–water partition coefficient (Wildman–Crippen LogP) is 3.65. The van der Waals surface area contributed by atoms with E-state index in [4.69, 9.17) is 4.74 Å². The summed E-state index contributed by atoms with van der Waals surface area (Å²) in [6.45, 7) is 10.1. The zero-order chi connectivity index (χ0) is 12.7. The van der Waals surface area contributed by atoms with Crippen LogP contribution in [0.5, 0.6) is 0 Å². The minimum atomic E-state index is -0.224. The summed E-state index contributed by atoms with van der Waals surface area (Å²) >= 11 is 0. The second-order valence-electron chi connectivity index (χ2n) is 6.49. The monoisotopic (exact) mass is 236 g/mol. The van der Waals surface area contributed by atoms with Crippen LogP contribution in [0.3, 0.4) is 0 Å². The quantitative estimate of drug-likeness (QED) is 0.696. The SMILES string of the molecule is C=C(C)CC(=O)C[C@]1(C)OC2(C)CCC1CC2. The Morgan fingerprint density at radius 1 is 1.35 bits per heavy atom. The van der Waals surface area contributed by atoms with Gasteiger partial charge in [0.15, 0.2) is 0 Å². The molecule has 2 heteroatoms. The zero-order valence-corrected chi connectivity index (χ0v) is 11.3. The van der Waals surface area contributed by atoms with Gasteiger partial charge in [-0.3, -0.25) is 4.79 Å². The number of ketones is 1. The lowest BCUT2D eigenvalue weighted by Crippen LogP contribution is -2.56. The van der Waals surface area contributed by atoms with Crippen molar-refractivity contribution in [3.05, 3.63) is 12.2 Å². The molecule has 0 amide bonds. The fraction of sp³-hybridized carbons (Fsp3) is 0.800. The first-order valence-corrected chi connectivity index (χ1v) is 6.69. The molecule has 2 bridgehead atoms. The lowest BCUT2D eigenvalue weighted by molar-refractivity contribution is -0.238. The van der Waals surface area contributed by atoms with E-state index in [1.165, 1.54) is 12.8 Å². The second-order valence-corrected chi connectivity index (χ2v) is 6.49. The average Bonchev–Trinajstić information content (AvgIpc) is 2.14. The van der Waals surface area contributed by atoms with E-state index in [1.54, 1.807) is 0 Å². The molecule has 0 spiro atoms. The van der Waals surface area contributed by atoms with Gasteiger partial charge in [-0.05, 0) is 52.4 Å². The lowest BCUT2D eigenvalue weighted by Gasteiger charge is -2.55. The largest absolute Gasteiger partial charge is 0.368 e. The molecule has 0 N–H and O–H groups in total. The van der Waals surface area contributed by atoms with Crippen molar-refractivity contribution in [2.45, 2.75) is 70.5 Å². The molecule has 0 aromatic carbocycles. The summed E-state index contributed by atoms with van der Waals surface area (Å²) in [4.78, 5) is 12.0. The maximum absolute atomic E-state index is 12.0. The van der Waals surface area contributed by atoms with Gasteiger partial charge in [0.1, 0.15) is 5.78 Å². The Morgan fingerprint density at radius 3 is 2.41 bits per heavy atom. The van der Waals surface area contributed by atoms with Crippen molar-refractivity contribution in [1.82, 2.24) is 0 Å². The average molecular weight is 236 g/mol. The van der Waals surface area contributed by atoms with Crippen molar-refractivity contribution in [2.24, 2.45) is 5.92 Å². The molecule has 2 heterocycles. The van der Waals surface area contributed by atoms with Crippen molar-refractivity contribution in [1.29, 1.82) is 0 Å². The minimum absolute atomic E-state index is 0.0208. The zero-order valence-electron chi connectivity index (χ0n) is 11.3. The number of carbonyl (C=O) groups excluding carboxylic acids is 1. The Kier molecular flexibility index (Phi) is 3.19. The standard InChI is InChI=1S/C15H24O2/c1-11(2)9-13(16)10-15(4)12-5-7-14(3,17-15)8-6-12/h12H,1,5-10H2,2-4H3/t12?,14?,15-/m0/s1. The van der Waals surface area contributed by atoms with Crippen molar-refractivity contribution in [3.63, 3.8) is 0 Å². The molecule has 0 aromatic heterocycles. The maximum Gasteiger partial charge on any atom is 0.139 e. The highest BCUT2D eigenvalue weighted by Crippen LogP contribution is 2.51. The van der Waals surface area contributed by atoms with E-state index < -0.39 is 0 Å². The van der Waals surface area contributed by atoms with Crippen molar-refractivity contribution in [2.75, 3.05) is 0 Å². The maximum atomic E-state index is 12.0.